The topological polar surface area (TPSA) is 145 Å². The number of carbonyl (C=O) groups excluding carboxylic acids is 4. The maximum Gasteiger partial charge on any atom is 0.348 e. The van der Waals surface area contributed by atoms with Crippen LogP contribution in [0.15, 0.2) is 46.0 Å². The Hall–Kier alpha value is -3.59. The molecule has 0 radical (unpaired) electrons. The first-order valence-corrected chi connectivity index (χ1v) is 14.6. The number of sulfonamides is 1. The molecule has 0 aliphatic carbocycles. The molecule has 1 aliphatic heterocycles. The maximum atomic E-state index is 13.4. The highest BCUT2D eigenvalue weighted by Crippen LogP contribution is 2.34. The smallest absolute Gasteiger partial charge is 0.348 e. The fraction of sp³-hybridized carbons (Fsp3) is 0.280. The lowest BCUT2D eigenvalue weighted by molar-refractivity contribution is -0.151. The summed E-state index contributed by atoms with van der Waals surface area (Å²) in [5, 5.41) is 4.12. The zero-order chi connectivity index (χ0) is 28.3. The largest absolute Gasteiger partial charge is 0.465 e. The Bertz CT molecular complexity index is 1530. The van der Waals surface area contributed by atoms with Crippen LogP contribution < -0.4 is 5.32 Å². The highest BCUT2D eigenvalue weighted by molar-refractivity contribution is 7.91. The fourth-order valence-electron chi connectivity index (χ4n) is 4.11. The number of carbonyl (C=O) groups is 4. The molecule has 0 saturated heterocycles. The Morgan fingerprint density at radius 1 is 1.03 bits per heavy atom. The van der Waals surface area contributed by atoms with E-state index in [-0.39, 0.29) is 38.2 Å². The van der Waals surface area contributed by atoms with Gasteiger partial charge in [-0.1, -0.05) is 30.3 Å². The first-order chi connectivity index (χ1) is 18.6. The number of hydrogen-bond acceptors (Lipinski definition) is 11. The molecule has 14 heteroatoms. The molecule has 1 aromatic carbocycles. The Kier molecular flexibility index (Phi) is 8.49. The summed E-state index contributed by atoms with van der Waals surface area (Å²) < 4.78 is 42.6. The minimum atomic E-state index is -4.02. The summed E-state index contributed by atoms with van der Waals surface area (Å²) in [6.07, 6.45) is 0.0698. The Labute approximate surface area is 232 Å². The molecule has 0 spiro atoms. The quantitative estimate of drug-likeness (QED) is 0.308. The molecule has 206 valence electrons. The predicted molar refractivity (Wildman–Crippen MR) is 142 cm³/mol. The van der Waals surface area contributed by atoms with E-state index in [9.17, 15) is 27.6 Å². The van der Waals surface area contributed by atoms with E-state index in [0.717, 1.165) is 45.2 Å². The van der Waals surface area contributed by atoms with E-state index in [1.165, 1.54) is 20.1 Å². The highest BCUT2D eigenvalue weighted by atomic mass is 32.2. The van der Waals surface area contributed by atoms with E-state index in [4.69, 9.17) is 14.2 Å². The van der Waals surface area contributed by atoms with Gasteiger partial charge in [-0.2, -0.15) is 4.31 Å². The molecule has 11 nitrogen and oxygen atoms in total. The lowest BCUT2D eigenvalue weighted by Gasteiger charge is -2.34. The van der Waals surface area contributed by atoms with E-state index in [0.29, 0.717) is 0 Å². The number of anilines is 1. The van der Waals surface area contributed by atoms with Gasteiger partial charge >= 0.3 is 17.9 Å². The number of nitrogens with one attached hydrogen (secondary N) is 1. The monoisotopic (exact) mass is 592 g/mol. The lowest BCUT2D eigenvalue weighted by Crippen LogP contribution is -2.49. The van der Waals surface area contributed by atoms with Gasteiger partial charge in [-0.05, 0) is 35.1 Å². The van der Waals surface area contributed by atoms with Gasteiger partial charge < -0.3 is 19.5 Å². The van der Waals surface area contributed by atoms with Crippen molar-refractivity contribution < 1.29 is 41.8 Å². The second-order valence-corrected chi connectivity index (χ2v) is 12.5. The average molecular weight is 593 g/mol. The van der Waals surface area contributed by atoms with Crippen LogP contribution >= 0.6 is 22.7 Å². The van der Waals surface area contributed by atoms with Crippen LogP contribution in [0.2, 0.25) is 0 Å². The SMILES string of the molecule is COC(=O)c1sc(NC(=O)COC(=O)[C@H]2Cc3ccccc3CN2S(=O)(=O)c2cccs2)c(C(=O)OC)c1C. The number of esters is 3. The third kappa shape index (κ3) is 5.73. The molecule has 3 heterocycles. The second-order valence-electron chi connectivity index (χ2n) is 8.37. The van der Waals surface area contributed by atoms with E-state index in [2.05, 4.69) is 5.32 Å². The van der Waals surface area contributed by atoms with Gasteiger partial charge in [0.2, 0.25) is 0 Å². The number of nitrogens with zero attached hydrogens (tertiary/aromatic N) is 1. The summed E-state index contributed by atoms with van der Waals surface area (Å²) in [5.41, 5.74) is 1.80. The van der Waals surface area contributed by atoms with Crippen LogP contribution in [0.1, 0.15) is 36.7 Å². The van der Waals surface area contributed by atoms with Gasteiger partial charge in [-0.25, -0.2) is 18.0 Å². The normalized spacial score (nSPS) is 15.2. The number of rotatable bonds is 8. The van der Waals surface area contributed by atoms with Crippen molar-refractivity contribution in [3.05, 3.63) is 68.9 Å². The van der Waals surface area contributed by atoms with E-state index in [1.807, 2.05) is 6.07 Å². The van der Waals surface area contributed by atoms with E-state index in [1.54, 1.807) is 29.6 Å². The van der Waals surface area contributed by atoms with Crippen LogP contribution in [0.5, 0.6) is 0 Å². The van der Waals surface area contributed by atoms with Gasteiger partial charge in [0.05, 0.1) is 19.8 Å². The first kappa shape index (κ1) is 28.4. The molecule has 3 aromatic rings. The molecule has 1 N–H and O–H groups in total. The lowest BCUT2D eigenvalue weighted by atomic mass is 9.96. The number of fused-ring (bicyclic) bond motifs is 1. The third-order valence-electron chi connectivity index (χ3n) is 6.04. The first-order valence-electron chi connectivity index (χ1n) is 11.5. The second kappa shape index (κ2) is 11.7. The highest BCUT2D eigenvalue weighted by Gasteiger charge is 2.41. The standard InChI is InChI=1S/C25H24N2O9S3/c1-14-20(24(30)34-2)22(38-21(14)25(31)35-3)26-18(28)13-36-23(29)17-11-15-7-4-5-8-16(15)12-27(17)39(32,33)19-9-6-10-37-19/h4-10,17H,11-13H2,1-3H3,(H,26,28)/t17-/m1/s1. The minimum absolute atomic E-state index is 0.0225. The molecule has 0 fully saturated rings. The molecule has 0 bridgehead atoms. The Morgan fingerprint density at radius 2 is 1.72 bits per heavy atom. The summed E-state index contributed by atoms with van der Waals surface area (Å²) in [6, 6.07) is 9.06. The summed E-state index contributed by atoms with van der Waals surface area (Å²) in [6.45, 7) is 0.721. The molecule has 0 saturated carbocycles. The molecule has 1 amide bonds. The molecule has 2 aromatic heterocycles. The van der Waals surface area contributed by atoms with Gasteiger partial charge in [0, 0.05) is 13.0 Å². The summed E-state index contributed by atoms with van der Waals surface area (Å²) in [5.74, 6) is -3.17. The molecule has 4 rings (SSSR count). The van der Waals surface area contributed by atoms with Crippen molar-refractivity contribution >= 4 is 61.5 Å². The van der Waals surface area contributed by atoms with Crippen molar-refractivity contribution in [3.8, 4) is 0 Å². The Balaban J connectivity index is 1.53. The number of benzene rings is 1. The van der Waals surface area contributed by atoms with Crippen LogP contribution in [0.3, 0.4) is 0 Å². The van der Waals surface area contributed by atoms with Crippen molar-refractivity contribution in [2.24, 2.45) is 0 Å². The van der Waals surface area contributed by atoms with Gasteiger partial charge in [0.25, 0.3) is 15.9 Å². The number of amides is 1. The molecular formula is C25H24N2O9S3. The fourth-order valence-corrected chi connectivity index (χ4v) is 7.91. The van der Waals surface area contributed by atoms with Crippen LogP contribution in [0.4, 0.5) is 5.00 Å². The zero-order valence-corrected chi connectivity index (χ0v) is 23.5. The van der Waals surface area contributed by atoms with Crippen LogP contribution in [-0.2, 0) is 46.8 Å². The summed E-state index contributed by atoms with van der Waals surface area (Å²) >= 11 is 1.85. The van der Waals surface area contributed by atoms with E-state index < -0.39 is 46.5 Å². The van der Waals surface area contributed by atoms with E-state index >= 15 is 0 Å². The predicted octanol–water partition coefficient (Wildman–Crippen LogP) is 2.99. The minimum Gasteiger partial charge on any atom is -0.465 e. The van der Waals surface area contributed by atoms with Crippen molar-refractivity contribution in [1.82, 2.24) is 4.31 Å². The molecular weight excluding hydrogens is 568 g/mol. The van der Waals surface area contributed by atoms with Crippen LogP contribution in [0, 0.1) is 6.92 Å². The maximum absolute atomic E-state index is 13.4. The number of ether oxygens (including phenoxy) is 3. The summed E-state index contributed by atoms with van der Waals surface area (Å²) in [7, 11) is -1.68. The summed E-state index contributed by atoms with van der Waals surface area (Å²) in [4.78, 5) is 50.3. The molecule has 1 atom stereocenters. The zero-order valence-electron chi connectivity index (χ0n) is 21.1. The van der Waals surface area contributed by atoms with Crippen molar-refractivity contribution in [2.45, 2.75) is 30.1 Å². The van der Waals surface area contributed by atoms with Gasteiger partial charge in [-0.15, -0.1) is 22.7 Å². The third-order valence-corrected chi connectivity index (χ3v) is 10.5. The number of methoxy groups -OCH3 is 2. The van der Waals surface area contributed by atoms with Gasteiger partial charge in [-0.3, -0.25) is 9.59 Å². The van der Waals surface area contributed by atoms with Gasteiger partial charge in [0.1, 0.15) is 20.1 Å². The van der Waals surface area contributed by atoms with Crippen molar-refractivity contribution in [3.63, 3.8) is 0 Å². The Morgan fingerprint density at radius 3 is 2.36 bits per heavy atom. The molecule has 0 unspecified atom stereocenters. The van der Waals surface area contributed by atoms with Crippen LogP contribution in [0.25, 0.3) is 0 Å². The number of hydrogen-bond donors (Lipinski definition) is 1. The van der Waals surface area contributed by atoms with Crippen LogP contribution in [-0.4, -0.2) is 63.4 Å². The van der Waals surface area contributed by atoms with Gasteiger partial charge in [0.15, 0.2) is 6.61 Å². The molecule has 1 aliphatic rings. The average Bonchev–Trinajstić information content (AvgIpc) is 3.59. The van der Waals surface area contributed by atoms with Crippen molar-refractivity contribution in [1.29, 1.82) is 0 Å². The molecule has 39 heavy (non-hydrogen) atoms. The number of thiophene rings is 2. The van der Waals surface area contributed by atoms with Crippen molar-refractivity contribution in [2.75, 3.05) is 26.1 Å².